The number of nitrogens with zero attached hydrogens (tertiary/aromatic N) is 3. The Morgan fingerprint density at radius 1 is 1.56 bits per heavy atom. The van der Waals surface area contributed by atoms with Gasteiger partial charge in [-0.2, -0.15) is 5.10 Å². The predicted octanol–water partition coefficient (Wildman–Crippen LogP) is 2.50. The van der Waals surface area contributed by atoms with Crippen molar-refractivity contribution >= 4 is 33.4 Å². The minimum absolute atomic E-state index is 0.105. The molecular formula is C11H11BrN4O2. The van der Waals surface area contributed by atoms with E-state index < -0.39 is 5.97 Å². The summed E-state index contributed by atoms with van der Waals surface area (Å²) >= 11 is 3.20. The maximum atomic E-state index is 11.1. The van der Waals surface area contributed by atoms with Gasteiger partial charge in [0.05, 0.1) is 11.9 Å². The summed E-state index contributed by atoms with van der Waals surface area (Å²) in [5.41, 5.74) is 0.808. The molecule has 0 spiro atoms. The fraction of sp³-hybridized carbons (Fsp3) is 0.182. The van der Waals surface area contributed by atoms with E-state index in [1.165, 1.54) is 6.07 Å². The van der Waals surface area contributed by atoms with Gasteiger partial charge in [0.1, 0.15) is 11.4 Å². The van der Waals surface area contributed by atoms with Crippen molar-refractivity contribution in [2.75, 3.05) is 5.32 Å². The fourth-order valence-corrected chi connectivity index (χ4v) is 1.77. The number of pyridine rings is 1. The molecule has 0 bridgehead atoms. The average Bonchev–Trinajstić information content (AvgIpc) is 2.79. The number of aromatic carboxylic acids is 1. The molecule has 6 nitrogen and oxygen atoms in total. The van der Waals surface area contributed by atoms with E-state index >= 15 is 0 Å². The van der Waals surface area contributed by atoms with Crippen molar-refractivity contribution in [2.24, 2.45) is 0 Å². The molecule has 0 saturated heterocycles. The number of aromatic nitrogens is 3. The Labute approximate surface area is 112 Å². The summed E-state index contributed by atoms with van der Waals surface area (Å²) in [6.45, 7) is 2.72. The summed E-state index contributed by atoms with van der Waals surface area (Å²) in [5, 5.41) is 16.1. The van der Waals surface area contributed by atoms with Crippen LogP contribution in [0.15, 0.2) is 29.1 Å². The van der Waals surface area contributed by atoms with Crippen LogP contribution in [-0.2, 0) is 6.54 Å². The lowest BCUT2D eigenvalue weighted by atomic mass is 10.2. The zero-order valence-corrected chi connectivity index (χ0v) is 11.2. The van der Waals surface area contributed by atoms with E-state index in [1.54, 1.807) is 23.3 Å². The molecule has 0 radical (unpaired) electrons. The van der Waals surface area contributed by atoms with Crippen LogP contribution in [0.2, 0.25) is 0 Å². The summed E-state index contributed by atoms with van der Waals surface area (Å²) in [4.78, 5) is 15.2. The highest BCUT2D eigenvalue weighted by Gasteiger charge is 2.12. The first-order valence-electron chi connectivity index (χ1n) is 5.28. The molecule has 2 heterocycles. The Morgan fingerprint density at radius 2 is 2.33 bits per heavy atom. The first-order valence-corrected chi connectivity index (χ1v) is 6.07. The van der Waals surface area contributed by atoms with Gasteiger partial charge in [0.2, 0.25) is 0 Å². The first kappa shape index (κ1) is 12.6. The molecule has 0 unspecified atom stereocenters. The Balaban J connectivity index is 2.30. The highest BCUT2D eigenvalue weighted by Crippen LogP contribution is 2.21. The van der Waals surface area contributed by atoms with Crippen LogP contribution in [0.25, 0.3) is 0 Å². The number of halogens is 1. The zero-order valence-electron chi connectivity index (χ0n) is 9.59. The van der Waals surface area contributed by atoms with Gasteiger partial charge in [-0.25, -0.2) is 9.78 Å². The lowest BCUT2D eigenvalue weighted by Gasteiger charge is -2.06. The predicted molar refractivity (Wildman–Crippen MR) is 70.1 cm³/mol. The van der Waals surface area contributed by atoms with Gasteiger partial charge in [-0.1, -0.05) is 0 Å². The van der Waals surface area contributed by atoms with Crippen LogP contribution in [0.3, 0.4) is 0 Å². The molecule has 2 N–H and O–H groups in total. The summed E-state index contributed by atoms with van der Waals surface area (Å²) < 4.78 is 2.36. The molecule has 0 aromatic carbocycles. The van der Waals surface area contributed by atoms with Crippen molar-refractivity contribution in [3.8, 4) is 0 Å². The van der Waals surface area contributed by atoms with Crippen LogP contribution in [0.5, 0.6) is 0 Å². The maximum absolute atomic E-state index is 11.1. The Hall–Kier alpha value is -1.89. The highest BCUT2D eigenvalue weighted by molar-refractivity contribution is 9.10. The van der Waals surface area contributed by atoms with Gasteiger partial charge < -0.3 is 10.4 Å². The average molecular weight is 311 g/mol. The molecule has 0 fully saturated rings. The molecule has 7 heteroatoms. The lowest BCUT2D eigenvalue weighted by molar-refractivity contribution is 0.0697. The number of carbonyl (C=O) groups is 1. The second-order valence-corrected chi connectivity index (χ2v) is 4.48. The topological polar surface area (TPSA) is 80.0 Å². The normalized spacial score (nSPS) is 10.3. The summed E-state index contributed by atoms with van der Waals surface area (Å²) in [6, 6.07) is 1.50. The number of rotatable bonds is 4. The number of carboxylic acid groups (broad SMARTS) is 1. The molecule has 0 atom stereocenters. The van der Waals surface area contributed by atoms with E-state index in [0.29, 0.717) is 16.0 Å². The zero-order chi connectivity index (χ0) is 13.1. The third kappa shape index (κ3) is 2.67. The summed E-state index contributed by atoms with van der Waals surface area (Å²) in [7, 11) is 0. The van der Waals surface area contributed by atoms with E-state index in [4.69, 9.17) is 5.11 Å². The van der Waals surface area contributed by atoms with Crippen LogP contribution in [0, 0.1) is 0 Å². The maximum Gasteiger partial charge on any atom is 0.339 e. The third-order valence-electron chi connectivity index (χ3n) is 2.30. The Bertz CT molecular complexity index is 582. The minimum Gasteiger partial charge on any atom is -0.478 e. The molecule has 0 saturated carbocycles. The molecule has 2 rings (SSSR count). The lowest BCUT2D eigenvalue weighted by Crippen LogP contribution is -2.04. The van der Waals surface area contributed by atoms with Gasteiger partial charge in [-0.15, -0.1) is 0 Å². The summed E-state index contributed by atoms with van der Waals surface area (Å²) in [5.74, 6) is -0.740. The van der Waals surface area contributed by atoms with Crippen LogP contribution >= 0.6 is 15.9 Å². The van der Waals surface area contributed by atoms with E-state index in [-0.39, 0.29) is 5.56 Å². The van der Waals surface area contributed by atoms with Gasteiger partial charge >= 0.3 is 5.97 Å². The molecular weight excluding hydrogens is 300 g/mol. The Kier molecular flexibility index (Phi) is 3.61. The quantitative estimate of drug-likeness (QED) is 0.907. The van der Waals surface area contributed by atoms with Gasteiger partial charge in [-0.3, -0.25) is 4.68 Å². The van der Waals surface area contributed by atoms with Gasteiger partial charge in [-0.05, 0) is 28.9 Å². The molecule has 0 aliphatic heterocycles. The number of carboxylic acids is 1. The first-order chi connectivity index (χ1) is 8.60. The van der Waals surface area contributed by atoms with E-state index in [2.05, 4.69) is 31.3 Å². The minimum atomic E-state index is -1.03. The SMILES string of the molecule is CCn1cc(Nc2ncc(Br)cc2C(=O)O)cn1. The second-order valence-electron chi connectivity index (χ2n) is 3.56. The van der Waals surface area contributed by atoms with Crippen molar-refractivity contribution < 1.29 is 9.90 Å². The van der Waals surface area contributed by atoms with Crippen LogP contribution < -0.4 is 5.32 Å². The van der Waals surface area contributed by atoms with Crippen LogP contribution in [0.1, 0.15) is 17.3 Å². The van der Waals surface area contributed by atoms with Crippen LogP contribution in [-0.4, -0.2) is 25.8 Å². The van der Waals surface area contributed by atoms with Gasteiger partial charge in [0, 0.05) is 23.4 Å². The molecule has 0 aliphatic carbocycles. The fourth-order valence-electron chi connectivity index (χ4n) is 1.44. The standard InChI is InChI=1S/C11H11BrN4O2/c1-2-16-6-8(5-14-16)15-10-9(11(17)18)3-7(12)4-13-10/h3-6H,2H2,1H3,(H,13,15)(H,17,18). The van der Waals surface area contributed by atoms with Crippen molar-refractivity contribution in [3.63, 3.8) is 0 Å². The summed E-state index contributed by atoms with van der Waals surface area (Å²) in [6.07, 6.45) is 4.95. The third-order valence-corrected chi connectivity index (χ3v) is 2.74. The van der Waals surface area contributed by atoms with Gasteiger partial charge in [0.15, 0.2) is 0 Å². The Morgan fingerprint density at radius 3 is 2.94 bits per heavy atom. The number of hydrogen-bond acceptors (Lipinski definition) is 4. The number of aryl methyl sites for hydroxylation is 1. The molecule has 18 heavy (non-hydrogen) atoms. The smallest absolute Gasteiger partial charge is 0.339 e. The van der Waals surface area contributed by atoms with Gasteiger partial charge in [0.25, 0.3) is 0 Å². The number of nitrogens with one attached hydrogen (secondary N) is 1. The molecule has 0 aliphatic rings. The highest BCUT2D eigenvalue weighted by atomic mass is 79.9. The van der Waals surface area contributed by atoms with Crippen molar-refractivity contribution in [1.82, 2.24) is 14.8 Å². The molecule has 0 amide bonds. The molecule has 94 valence electrons. The van der Waals surface area contributed by atoms with Crippen molar-refractivity contribution in [2.45, 2.75) is 13.5 Å². The van der Waals surface area contributed by atoms with Crippen LogP contribution in [0.4, 0.5) is 11.5 Å². The van der Waals surface area contributed by atoms with E-state index in [9.17, 15) is 4.79 Å². The number of hydrogen-bond donors (Lipinski definition) is 2. The molecule has 2 aromatic heterocycles. The largest absolute Gasteiger partial charge is 0.478 e. The van der Waals surface area contributed by atoms with Crippen molar-refractivity contribution in [3.05, 3.63) is 34.7 Å². The monoisotopic (exact) mass is 310 g/mol. The van der Waals surface area contributed by atoms with Crippen molar-refractivity contribution in [1.29, 1.82) is 0 Å². The number of anilines is 2. The second kappa shape index (κ2) is 5.18. The van der Waals surface area contributed by atoms with E-state index in [0.717, 1.165) is 6.54 Å². The molecule has 2 aromatic rings. The van der Waals surface area contributed by atoms with E-state index in [1.807, 2.05) is 6.92 Å².